The smallest absolute Gasteiger partial charge is 0.255 e. The Labute approximate surface area is 161 Å². The Kier molecular flexibility index (Phi) is 4.67. The SMILES string of the molecule is Cc1ccc(Cn2cc(NC(=O)c3cccc(-c4nnnn4C)c3)cn2)cc1. The molecule has 0 saturated carbocycles. The van der Waals surface area contributed by atoms with Crippen molar-refractivity contribution in [3.8, 4) is 11.4 Å². The van der Waals surface area contributed by atoms with Crippen molar-refractivity contribution in [3.05, 3.63) is 77.6 Å². The van der Waals surface area contributed by atoms with Crippen molar-refractivity contribution >= 4 is 11.6 Å². The molecule has 2 aromatic carbocycles. The Morgan fingerprint density at radius 2 is 1.96 bits per heavy atom. The van der Waals surface area contributed by atoms with E-state index < -0.39 is 0 Å². The highest BCUT2D eigenvalue weighted by Crippen LogP contribution is 2.18. The third-order valence-corrected chi connectivity index (χ3v) is 4.36. The van der Waals surface area contributed by atoms with Gasteiger partial charge in [0.1, 0.15) is 0 Å². The van der Waals surface area contributed by atoms with Gasteiger partial charge >= 0.3 is 0 Å². The van der Waals surface area contributed by atoms with Crippen LogP contribution in [0.15, 0.2) is 60.9 Å². The molecule has 0 bridgehead atoms. The van der Waals surface area contributed by atoms with Crippen molar-refractivity contribution in [2.45, 2.75) is 13.5 Å². The molecule has 0 aliphatic heterocycles. The fourth-order valence-corrected chi connectivity index (χ4v) is 2.87. The molecular weight excluding hydrogens is 354 g/mol. The molecule has 0 radical (unpaired) electrons. The summed E-state index contributed by atoms with van der Waals surface area (Å²) >= 11 is 0. The summed E-state index contributed by atoms with van der Waals surface area (Å²) in [4.78, 5) is 12.6. The fourth-order valence-electron chi connectivity index (χ4n) is 2.87. The summed E-state index contributed by atoms with van der Waals surface area (Å²) in [6.45, 7) is 2.70. The van der Waals surface area contributed by atoms with Gasteiger partial charge in [0.15, 0.2) is 5.82 Å². The van der Waals surface area contributed by atoms with Crippen LogP contribution in [-0.2, 0) is 13.6 Å². The first-order valence-electron chi connectivity index (χ1n) is 8.80. The monoisotopic (exact) mass is 373 g/mol. The number of aryl methyl sites for hydroxylation is 2. The number of rotatable bonds is 5. The average molecular weight is 373 g/mol. The van der Waals surface area contributed by atoms with E-state index in [4.69, 9.17) is 0 Å². The molecule has 1 N–H and O–H groups in total. The number of hydrogen-bond acceptors (Lipinski definition) is 5. The molecule has 0 aliphatic rings. The lowest BCUT2D eigenvalue weighted by Gasteiger charge is -2.05. The highest BCUT2D eigenvalue weighted by molar-refractivity contribution is 6.04. The molecule has 140 valence electrons. The summed E-state index contributed by atoms with van der Waals surface area (Å²) in [5.41, 5.74) is 4.30. The second kappa shape index (κ2) is 7.43. The van der Waals surface area contributed by atoms with E-state index in [1.165, 1.54) is 5.56 Å². The number of hydrogen-bond donors (Lipinski definition) is 1. The van der Waals surface area contributed by atoms with Gasteiger partial charge in [0.2, 0.25) is 0 Å². The maximum Gasteiger partial charge on any atom is 0.255 e. The standard InChI is InChI=1S/C20H19N7O/c1-14-6-8-15(9-7-14)12-27-13-18(11-21-27)22-20(28)17-5-3-4-16(10-17)19-23-24-25-26(19)2/h3-11,13H,12H2,1-2H3,(H,22,28). The van der Waals surface area contributed by atoms with Crippen molar-refractivity contribution in [1.82, 2.24) is 30.0 Å². The van der Waals surface area contributed by atoms with Gasteiger partial charge in [-0.25, -0.2) is 4.68 Å². The molecule has 0 unspecified atom stereocenters. The van der Waals surface area contributed by atoms with Crippen LogP contribution in [0, 0.1) is 6.92 Å². The number of amides is 1. The zero-order valence-electron chi connectivity index (χ0n) is 15.6. The molecule has 1 amide bonds. The highest BCUT2D eigenvalue weighted by Gasteiger charge is 2.11. The maximum absolute atomic E-state index is 12.6. The van der Waals surface area contributed by atoms with E-state index in [2.05, 4.69) is 57.1 Å². The van der Waals surface area contributed by atoms with E-state index in [1.807, 2.05) is 12.3 Å². The molecule has 0 aliphatic carbocycles. The number of aromatic nitrogens is 6. The topological polar surface area (TPSA) is 90.5 Å². The number of benzene rings is 2. The second-order valence-corrected chi connectivity index (χ2v) is 6.57. The van der Waals surface area contributed by atoms with Gasteiger partial charge in [0.25, 0.3) is 5.91 Å². The van der Waals surface area contributed by atoms with E-state index >= 15 is 0 Å². The lowest BCUT2D eigenvalue weighted by Crippen LogP contribution is -2.11. The Morgan fingerprint density at radius 3 is 2.71 bits per heavy atom. The Balaban J connectivity index is 1.46. The molecule has 28 heavy (non-hydrogen) atoms. The van der Waals surface area contributed by atoms with Gasteiger partial charge in [0.05, 0.1) is 18.4 Å². The molecule has 8 heteroatoms. The molecule has 4 rings (SSSR count). The van der Waals surface area contributed by atoms with Crippen molar-refractivity contribution in [2.75, 3.05) is 5.32 Å². The summed E-state index contributed by atoms with van der Waals surface area (Å²) in [7, 11) is 1.75. The fraction of sp³-hybridized carbons (Fsp3) is 0.150. The number of tetrazole rings is 1. The van der Waals surface area contributed by atoms with Gasteiger partial charge < -0.3 is 5.32 Å². The summed E-state index contributed by atoms with van der Waals surface area (Å²) < 4.78 is 3.36. The first kappa shape index (κ1) is 17.6. The zero-order chi connectivity index (χ0) is 19.5. The number of nitrogens with zero attached hydrogens (tertiary/aromatic N) is 6. The Bertz CT molecular complexity index is 1110. The van der Waals surface area contributed by atoms with E-state index in [9.17, 15) is 4.79 Å². The van der Waals surface area contributed by atoms with Gasteiger partial charge in [-0.05, 0) is 35.0 Å². The van der Waals surface area contributed by atoms with Crippen molar-refractivity contribution in [2.24, 2.45) is 7.05 Å². The molecule has 0 saturated heterocycles. The first-order chi connectivity index (χ1) is 13.6. The van der Waals surface area contributed by atoms with Crippen LogP contribution in [0.1, 0.15) is 21.5 Å². The van der Waals surface area contributed by atoms with Crippen LogP contribution in [-0.4, -0.2) is 35.9 Å². The van der Waals surface area contributed by atoms with Gasteiger partial charge in [-0.3, -0.25) is 9.48 Å². The third kappa shape index (κ3) is 3.80. The maximum atomic E-state index is 12.6. The minimum atomic E-state index is -0.216. The van der Waals surface area contributed by atoms with Crippen molar-refractivity contribution < 1.29 is 4.79 Å². The first-order valence-corrected chi connectivity index (χ1v) is 8.80. The normalized spacial score (nSPS) is 10.8. The van der Waals surface area contributed by atoms with E-state index in [0.717, 1.165) is 11.1 Å². The van der Waals surface area contributed by atoms with E-state index in [1.54, 1.807) is 40.8 Å². The summed E-state index contributed by atoms with van der Waals surface area (Å²) in [6.07, 6.45) is 3.46. The highest BCUT2D eigenvalue weighted by atomic mass is 16.1. The lowest BCUT2D eigenvalue weighted by molar-refractivity contribution is 0.102. The average Bonchev–Trinajstić information content (AvgIpc) is 3.32. The minimum absolute atomic E-state index is 0.216. The molecular formula is C20H19N7O. The molecule has 2 aromatic heterocycles. The van der Waals surface area contributed by atoms with Crippen LogP contribution in [0.5, 0.6) is 0 Å². The lowest BCUT2D eigenvalue weighted by atomic mass is 10.1. The van der Waals surface area contributed by atoms with Gasteiger partial charge in [-0.15, -0.1) is 5.10 Å². The molecule has 2 heterocycles. The third-order valence-electron chi connectivity index (χ3n) is 4.36. The number of carbonyl (C=O) groups is 1. The Hall–Kier alpha value is -3.81. The molecule has 0 fully saturated rings. The summed E-state index contributed by atoms with van der Waals surface area (Å²) in [6, 6.07) is 15.5. The zero-order valence-corrected chi connectivity index (χ0v) is 15.6. The van der Waals surface area contributed by atoms with Crippen LogP contribution in [0.3, 0.4) is 0 Å². The summed E-state index contributed by atoms with van der Waals surface area (Å²) in [5.74, 6) is 0.382. The van der Waals surface area contributed by atoms with Crippen LogP contribution < -0.4 is 5.32 Å². The number of nitrogens with one attached hydrogen (secondary N) is 1. The van der Waals surface area contributed by atoms with Crippen LogP contribution >= 0.6 is 0 Å². The van der Waals surface area contributed by atoms with Crippen LogP contribution in [0.2, 0.25) is 0 Å². The van der Waals surface area contributed by atoms with Crippen LogP contribution in [0.25, 0.3) is 11.4 Å². The molecule has 8 nitrogen and oxygen atoms in total. The largest absolute Gasteiger partial charge is 0.319 e. The van der Waals surface area contributed by atoms with Gasteiger partial charge in [-0.1, -0.05) is 42.0 Å². The van der Waals surface area contributed by atoms with Crippen LogP contribution in [0.4, 0.5) is 5.69 Å². The minimum Gasteiger partial charge on any atom is -0.319 e. The molecule has 0 spiro atoms. The van der Waals surface area contributed by atoms with Crippen molar-refractivity contribution in [3.63, 3.8) is 0 Å². The molecule has 0 atom stereocenters. The quantitative estimate of drug-likeness (QED) is 0.581. The number of carbonyl (C=O) groups excluding carboxylic acids is 1. The van der Waals surface area contributed by atoms with Gasteiger partial charge in [0, 0.05) is 24.4 Å². The van der Waals surface area contributed by atoms with E-state index in [0.29, 0.717) is 23.6 Å². The molecule has 4 aromatic rings. The predicted octanol–water partition coefficient (Wildman–Crippen LogP) is 2.68. The summed E-state index contributed by atoms with van der Waals surface area (Å²) in [5, 5.41) is 18.6. The van der Waals surface area contributed by atoms with E-state index in [-0.39, 0.29) is 5.91 Å². The predicted molar refractivity (Wildman–Crippen MR) is 105 cm³/mol. The Morgan fingerprint density at radius 1 is 1.14 bits per heavy atom. The van der Waals surface area contributed by atoms with Crippen molar-refractivity contribution in [1.29, 1.82) is 0 Å². The second-order valence-electron chi connectivity index (χ2n) is 6.57. The van der Waals surface area contributed by atoms with Gasteiger partial charge in [-0.2, -0.15) is 5.10 Å². The number of anilines is 1.